The molecular weight excluding hydrogens is 370 g/mol. The fraction of sp³-hybridized carbons (Fsp3) is 0. The van der Waals surface area contributed by atoms with Crippen LogP contribution >= 0.6 is 27.3 Å². The van der Waals surface area contributed by atoms with E-state index in [9.17, 15) is 9.59 Å². The molecule has 2 N–H and O–H groups in total. The number of carbonyl (C=O) groups excluding carboxylic acids is 1. The average molecular weight is 378 g/mol. The fourth-order valence-corrected chi connectivity index (χ4v) is 2.93. The van der Waals surface area contributed by atoms with Crippen LogP contribution in [-0.4, -0.2) is 27.0 Å². The Morgan fingerprint density at radius 2 is 1.95 bits per heavy atom. The summed E-state index contributed by atoms with van der Waals surface area (Å²) in [6.07, 6.45) is 1.45. The highest BCUT2D eigenvalue weighted by molar-refractivity contribution is 9.10. The molecule has 0 atom stereocenters. The van der Waals surface area contributed by atoms with Gasteiger partial charge in [0.25, 0.3) is 5.91 Å². The number of hydrogen-bond acceptors (Lipinski definition) is 5. The van der Waals surface area contributed by atoms with E-state index in [1.165, 1.54) is 29.7 Å². The van der Waals surface area contributed by atoms with Crippen molar-refractivity contribution in [2.45, 2.75) is 0 Å². The summed E-state index contributed by atoms with van der Waals surface area (Å²) in [4.78, 5) is 31.3. The zero-order valence-electron chi connectivity index (χ0n) is 10.9. The number of nitrogens with one attached hydrogen (secondary N) is 1. The predicted molar refractivity (Wildman–Crippen MR) is 86.5 cm³/mol. The van der Waals surface area contributed by atoms with Gasteiger partial charge in [-0.05, 0) is 46.3 Å². The molecule has 110 valence electrons. The van der Waals surface area contributed by atoms with Gasteiger partial charge in [-0.1, -0.05) is 11.3 Å². The molecule has 1 amide bonds. The highest BCUT2D eigenvalue weighted by Gasteiger charge is 2.12. The Bertz CT molecular complexity index is 877. The van der Waals surface area contributed by atoms with Gasteiger partial charge in [-0.3, -0.25) is 10.1 Å². The SMILES string of the molecule is O=C(O)c1ccc2nc(NC(=O)c3ccc(Br)nc3)sc2c1. The number of carboxylic acids is 1. The first kappa shape index (κ1) is 14.6. The number of aromatic nitrogens is 2. The van der Waals surface area contributed by atoms with Crippen molar-refractivity contribution in [1.29, 1.82) is 0 Å². The van der Waals surface area contributed by atoms with E-state index in [0.29, 0.717) is 25.5 Å². The zero-order chi connectivity index (χ0) is 15.7. The maximum absolute atomic E-state index is 12.1. The van der Waals surface area contributed by atoms with Gasteiger partial charge >= 0.3 is 5.97 Å². The average Bonchev–Trinajstić information content (AvgIpc) is 2.88. The van der Waals surface area contributed by atoms with Gasteiger partial charge in [-0.15, -0.1) is 0 Å². The van der Waals surface area contributed by atoms with Gasteiger partial charge in [0.2, 0.25) is 0 Å². The van der Waals surface area contributed by atoms with Gasteiger partial charge in [0.1, 0.15) is 4.60 Å². The van der Waals surface area contributed by atoms with Crippen LogP contribution in [0.3, 0.4) is 0 Å². The van der Waals surface area contributed by atoms with Crippen LogP contribution in [0.5, 0.6) is 0 Å². The lowest BCUT2D eigenvalue weighted by Gasteiger charge is -2.00. The Hall–Kier alpha value is -2.32. The van der Waals surface area contributed by atoms with Gasteiger partial charge in [0.15, 0.2) is 5.13 Å². The molecule has 2 aromatic heterocycles. The minimum Gasteiger partial charge on any atom is -0.478 e. The van der Waals surface area contributed by atoms with Crippen molar-refractivity contribution in [3.63, 3.8) is 0 Å². The first-order valence-electron chi connectivity index (χ1n) is 6.10. The highest BCUT2D eigenvalue weighted by atomic mass is 79.9. The first-order valence-corrected chi connectivity index (χ1v) is 7.70. The summed E-state index contributed by atoms with van der Waals surface area (Å²) in [5, 5.41) is 12.1. The van der Waals surface area contributed by atoms with Crippen molar-refractivity contribution in [2.24, 2.45) is 0 Å². The van der Waals surface area contributed by atoms with Crippen molar-refractivity contribution in [2.75, 3.05) is 5.32 Å². The van der Waals surface area contributed by atoms with E-state index in [0.717, 1.165) is 0 Å². The molecule has 0 aliphatic rings. The smallest absolute Gasteiger partial charge is 0.335 e. The second-order valence-electron chi connectivity index (χ2n) is 4.33. The number of halogens is 1. The number of carboxylic acid groups (broad SMARTS) is 1. The maximum atomic E-state index is 12.1. The summed E-state index contributed by atoms with van der Waals surface area (Å²) in [5.41, 5.74) is 1.24. The minimum atomic E-state index is -0.998. The third kappa shape index (κ3) is 2.97. The van der Waals surface area contributed by atoms with Crippen LogP contribution in [0.15, 0.2) is 41.1 Å². The number of anilines is 1. The summed E-state index contributed by atoms with van der Waals surface area (Å²) < 4.78 is 1.34. The predicted octanol–water partition coefficient (Wildman–Crippen LogP) is 3.40. The standard InChI is InChI=1S/C14H8BrN3O3S/c15-11-4-2-8(6-16-11)12(19)18-14-17-9-3-1-7(13(20)21)5-10(9)22-14/h1-6H,(H,20,21)(H,17,18,19). The van der Waals surface area contributed by atoms with Crippen LogP contribution in [0.25, 0.3) is 10.2 Å². The number of fused-ring (bicyclic) bond motifs is 1. The molecule has 0 unspecified atom stereocenters. The Balaban J connectivity index is 1.86. The molecule has 22 heavy (non-hydrogen) atoms. The molecule has 1 aromatic carbocycles. The molecule has 2 heterocycles. The number of rotatable bonds is 3. The Morgan fingerprint density at radius 3 is 2.64 bits per heavy atom. The number of aromatic carboxylic acids is 1. The molecule has 6 nitrogen and oxygen atoms in total. The molecule has 0 spiro atoms. The van der Waals surface area contributed by atoms with E-state index in [1.54, 1.807) is 18.2 Å². The van der Waals surface area contributed by atoms with Crippen LogP contribution in [0.1, 0.15) is 20.7 Å². The molecular formula is C14H8BrN3O3S. The quantitative estimate of drug-likeness (QED) is 0.682. The van der Waals surface area contributed by atoms with E-state index in [1.807, 2.05) is 0 Å². The summed E-state index contributed by atoms with van der Waals surface area (Å²) in [7, 11) is 0. The fourth-order valence-electron chi connectivity index (χ4n) is 1.79. The van der Waals surface area contributed by atoms with Crippen LogP contribution in [0, 0.1) is 0 Å². The van der Waals surface area contributed by atoms with E-state index < -0.39 is 5.97 Å². The first-order chi connectivity index (χ1) is 10.5. The van der Waals surface area contributed by atoms with Gasteiger partial charge < -0.3 is 5.11 Å². The third-order valence-corrected chi connectivity index (χ3v) is 4.25. The summed E-state index contributed by atoms with van der Waals surface area (Å²) in [5.74, 6) is -1.32. The van der Waals surface area contributed by atoms with Crippen LogP contribution in [0.4, 0.5) is 5.13 Å². The van der Waals surface area contributed by atoms with E-state index in [-0.39, 0.29) is 11.5 Å². The van der Waals surface area contributed by atoms with Crippen LogP contribution in [0.2, 0.25) is 0 Å². The van der Waals surface area contributed by atoms with Crippen molar-refractivity contribution in [3.8, 4) is 0 Å². The number of pyridine rings is 1. The number of amides is 1. The number of hydrogen-bond donors (Lipinski definition) is 2. The van der Waals surface area contributed by atoms with Crippen molar-refractivity contribution in [1.82, 2.24) is 9.97 Å². The molecule has 3 aromatic rings. The summed E-state index contributed by atoms with van der Waals surface area (Å²) >= 11 is 4.42. The third-order valence-electron chi connectivity index (χ3n) is 2.85. The van der Waals surface area contributed by atoms with Crippen LogP contribution in [-0.2, 0) is 0 Å². The van der Waals surface area contributed by atoms with Gasteiger partial charge in [0, 0.05) is 6.20 Å². The van der Waals surface area contributed by atoms with Crippen molar-refractivity contribution < 1.29 is 14.7 Å². The van der Waals surface area contributed by atoms with Gasteiger partial charge in [-0.2, -0.15) is 0 Å². The highest BCUT2D eigenvalue weighted by Crippen LogP contribution is 2.27. The second-order valence-corrected chi connectivity index (χ2v) is 6.17. The summed E-state index contributed by atoms with van der Waals surface area (Å²) in [6, 6.07) is 7.95. The molecule has 0 fully saturated rings. The number of thiazole rings is 1. The van der Waals surface area contributed by atoms with E-state index in [2.05, 4.69) is 31.2 Å². The van der Waals surface area contributed by atoms with Crippen LogP contribution < -0.4 is 5.32 Å². The molecule has 3 rings (SSSR count). The molecule has 0 radical (unpaired) electrons. The maximum Gasteiger partial charge on any atom is 0.335 e. The van der Waals surface area contributed by atoms with Crippen molar-refractivity contribution in [3.05, 3.63) is 52.3 Å². The minimum absolute atomic E-state index is 0.186. The zero-order valence-corrected chi connectivity index (χ0v) is 13.3. The van der Waals surface area contributed by atoms with Gasteiger partial charge in [0.05, 0.1) is 21.3 Å². The Kier molecular flexibility index (Phi) is 3.86. The normalized spacial score (nSPS) is 10.6. The van der Waals surface area contributed by atoms with Gasteiger partial charge in [-0.25, -0.2) is 14.8 Å². The molecule has 0 bridgehead atoms. The molecule has 0 aliphatic heterocycles. The number of nitrogens with zero attached hydrogens (tertiary/aromatic N) is 2. The monoisotopic (exact) mass is 377 g/mol. The second kappa shape index (κ2) is 5.82. The molecule has 0 saturated heterocycles. The lowest BCUT2D eigenvalue weighted by atomic mass is 10.2. The largest absolute Gasteiger partial charge is 0.478 e. The Morgan fingerprint density at radius 1 is 1.18 bits per heavy atom. The molecule has 0 saturated carbocycles. The Labute approximate surface area is 137 Å². The lowest BCUT2D eigenvalue weighted by Crippen LogP contribution is -2.11. The van der Waals surface area contributed by atoms with Crippen molar-refractivity contribution >= 4 is 54.5 Å². The van der Waals surface area contributed by atoms with E-state index in [4.69, 9.17) is 5.11 Å². The lowest BCUT2D eigenvalue weighted by molar-refractivity contribution is 0.0697. The number of carbonyl (C=O) groups is 2. The molecule has 8 heteroatoms. The summed E-state index contributed by atoms with van der Waals surface area (Å²) in [6.45, 7) is 0. The molecule has 0 aliphatic carbocycles. The topological polar surface area (TPSA) is 92.2 Å². The number of benzene rings is 1. The van der Waals surface area contributed by atoms with E-state index >= 15 is 0 Å².